The molecule has 0 radical (unpaired) electrons. The number of anilines is 1. The lowest BCUT2D eigenvalue weighted by atomic mass is 10.1. The van der Waals surface area contributed by atoms with Crippen LogP contribution >= 0.6 is 11.3 Å². The van der Waals surface area contributed by atoms with Crippen molar-refractivity contribution in [2.45, 2.75) is 39.5 Å². The number of carbonyl (C=O) groups excluding carboxylic acids is 1. The highest BCUT2D eigenvalue weighted by molar-refractivity contribution is 7.15. The third kappa shape index (κ3) is 3.89. The van der Waals surface area contributed by atoms with Crippen molar-refractivity contribution in [3.63, 3.8) is 0 Å². The zero-order chi connectivity index (χ0) is 17.0. The van der Waals surface area contributed by atoms with Gasteiger partial charge in [-0.3, -0.25) is 20.2 Å². The van der Waals surface area contributed by atoms with Crippen LogP contribution in [0.3, 0.4) is 0 Å². The first-order valence-corrected chi connectivity index (χ1v) is 8.17. The summed E-state index contributed by atoms with van der Waals surface area (Å²) in [6.07, 6.45) is 1.95. The van der Waals surface area contributed by atoms with E-state index in [-0.39, 0.29) is 11.6 Å². The molecule has 1 amide bonds. The number of nitro benzene ring substituents is 1. The number of hydrogen-bond acceptors (Lipinski definition) is 6. The summed E-state index contributed by atoms with van der Waals surface area (Å²) in [5.41, 5.74) is 0.790. The van der Waals surface area contributed by atoms with Crippen molar-refractivity contribution in [3.05, 3.63) is 44.4 Å². The minimum atomic E-state index is -0.469. The molecule has 23 heavy (non-hydrogen) atoms. The van der Waals surface area contributed by atoms with E-state index in [0.717, 1.165) is 17.8 Å². The Kier molecular flexibility index (Phi) is 5.38. The van der Waals surface area contributed by atoms with Gasteiger partial charge < -0.3 is 0 Å². The van der Waals surface area contributed by atoms with Crippen molar-refractivity contribution in [1.82, 2.24) is 10.2 Å². The van der Waals surface area contributed by atoms with E-state index in [1.54, 1.807) is 6.92 Å². The number of carbonyl (C=O) groups is 1. The molecule has 2 aromatic rings. The van der Waals surface area contributed by atoms with Gasteiger partial charge in [-0.25, -0.2) is 0 Å². The van der Waals surface area contributed by atoms with Crippen LogP contribution in [-0.4, -0.2) is 21.0 Å². The molecule has 0 aliphatic heterocycles. The summed E-state index contributed by atoms with van der Waals surface area (Å²) in [7, 11) is 0. The van der Waals surface area contributed by atoms with Crippen LogP contribution in [-0.2, 0) is 0 Å². The van der Waals surface area contributed by atoms with E-state index < -0.39 is 4.92 Å². The molecule has 0 saturated heterocycles. The molecule has 0 atom stereocenters. The van der Waals surface area contributed by atoms with Crippen LogP contribution in [0, 0.1) is 17.0 Å². The summed E-state index contributed by atoms with van der Waals surface area (Å²) in [6, 6.07) is 4.26. The summed E-state index contributed by atoms with van der Waals surface area (Å²) < 4.78 is 0. The van der Waals surface area contributed by atoms with E-state index >= 15 is 0 Å². The molecule has 0 spiro atoms. The number of nitro groups is 1. The number of amides is 1. The largest absolute Gasteiger partial charge is 0.296 e. The predicted molar refractivity (Wildman–Crippen MR) is 89.0 cm³/mol. The Morgan fingerprint density at radius 1 is 1.35 bits per heavy atom. The lowest BCUT2D eigenvalue weighted by molar-refractivity contribution is -0.385. The van der Waals surface area contributed by atoms with Crippen LogP contribution in [0.2, 0.25) is 0 Å². The predicted octanol–water partition coefficient (Wildman–Crippen LogP) is 3.91. The van der Waals surface area contributed by atoms with Gasteiger partial charge in [0.1, 0.15) is 5.01 Å². The van der Waals surface area contributed by atoms with Gasteiger partial charge in [0.15, 0.2) is 0 Å². The standard InChI is InChI=1S/C15H18N4O3S/c1-4-10(5-2)14-17-18-15(23-14)16-13(20)11-6-7-12(19(21)22)9(3)8-11/h6-8,10H,4-5H2,1-3H3,(H,16,18,20). The molecule has 7 nitrogen and oxygen atoms in total. The van der Waals surface area contributed by atoms with Crippen LogP contribution in [0.15, 0.2) is 18.2 Å². The highest BCUT2D eigenvalue weighted by atomic mass is 32.1. The number of benzene rings is 1. The lowest BCUT2D eigenvalue weighted by Crippen LogP contribution is -2.12. The monoisotopic (exact) mass is 334 g/mol. The van der Waals surface area contributed by atoms with Crippen LogP contribution in [0.25, 0.3) is 0 Å². The van der Waals surface area contributed by atoms with Gasteiger partial charge >= 0.3 is 0 Å². The molecule has 0 fully saturated rings. The SMILES string of the molecule is CCC(CC)c1nnc(NC(=O)c2ccc([N+](=O)[O-])c(C)c2)s1. The first-order chi connectivity index (χ1) is 11.0. The highest BCUT2D eigenvalue weighted by Crippen LogP contribution is 2.28. The average Bonchev–Trinajstić information content (AvgIpc) is 2.96. The van der Waals surface area contributed by atoms with Crippen LogP contribution in [0.1, 0.15) is 53.5 Å². The second kappa shape index (κ2) is 7.28. The third-order valence-electron chi connectivity index (χ3n) is 3.65. The van der Waals surface area contributed by atoms with Gasteiger partial charge in [-0.15, -0.1) is 10.2 Å². The lowest BCUT2D eigenvalue weighted by Gasteiger charge is -2.06. The fourth-order valence-corrected chi connectivity index (χ4v) is 3.26. The number of aryl methyl sites for hydroxylation is 1. The van der Waals surface area contributed by atoms with Crippen LogP contribution in [0.5, 0.6) is 0 Å². The van der Waals surface area contributed by atoms with Gasteiger partial charge in [0.2, 0.25) is 5.13 Å². The van der Waals surface area contributed by atoms with E-state index in [2.05, 4.69) is 29.4 Å². The maximum atomic E-state index is 12.2. The van der Waals surface area contributed by atoms with E-state index in [1.807, 2.05) is 0 Å². The summed E-state index contributed by atoms with van der Waals surface area (Å²) >= 11 is 1.36. The highest BCUT2D eigenvalue weighted by Gasteiger charge is 2.17. The van der Waals surface area contributed by atoms with E-state index in [9.17, 15) is 14.9 Å². The molecular formula is C15H18N4O3S. The normalized spacial score (nSPS) is 10.8. The smallest absolute Gasteiger partial charge is 0.272 e. The van der Waals surface area contributed by atoms with Gasteiger partial charge in [0, 0.05) is 23.1 Å². The number of nitrogens with zero attached hydrogens (tertiary/aromatic N) is 3. The summed E-state index contributed by atoms with van der Waals surface area (Å²) in [5, 5.41) is 23.0. The quantitative estimate of drug-likeness (QED) is 0.638. The van der Waals surface area contributed by atoms with Crippen molar-refractivity contribution in [2.24, 2.45) is 0 Å². The minimum Gasteiger partial charge on any atom is -0.296 e. The number of hydrogen-bond donors (Lipinski definition) is 1. The molecule has 1 aromatic heterocycles. The Balaban J connectivity index is 2.13. The second-order valence-corrected chi connectivity index (χ2v) is 6.18. The number of aromatic nitrogens is 2. The molecular weight excluding hydrogens is 316 g/mol. The van der Waals surface area contributed by atoms with Gasteiger partial charge in [-0.2, -0.15) is 0 Å². The van der Waals surface area contributed by atoms with Crippen LogP contribution in [0.4, 0.5) is 10.8 Å². The van der Waals surface area contributed by atoms with Gasteiger partial charge in [0.05, 0.1) is 4.92 Å². The molecule has 8 heteroatoms. The molecule has 0 bridgehead atoms. The molecule has 0 aliphatic rings. The number of rotatable bonds is 6. The molecule has 1 N–H and O–H groups in total. The average molecular weight is 334 g/mol. The molecule has 122 valence electrons. The third-order valence-corrected chi connectivity index (χ3v) is 4.65. The van der Waals surface area contributed by atoms with Crippen molar-refractivity contribution >= 4 is 28.1 Å². The fourth-order valence-electron chi connectivity index (χ4n) is 2.26. The van der Waals surface area contributed by atoms with Gasteiger partial charge in [0.25, 0.3) is 11.6 Å². The van der Waals surface area contributed by atoms with Gasteiger partial charge in [-0.05, 0) is 31.9 Å². The molecule has 1 aromatic carbocycles. The Hall–Kier alpha value is -2.35. The first-order valence-electron chi connectivity index (χ1n) is 7.36. The first kappa shape index (κ1) is 17.0. The maximum Gasteiger partial charge on any atom is 0.272 e. The fraction of sp³-hybridized carbons (Fsp3) is 0.400. The molecule has 1 heterocycles. The Bertz CT molecular complexity index is 725. The molecule has 0 saturated carbocycles. The van der Waals surface area contributed by atoms with E-state index in [0.29, 0.717) is 22.2 Å². The zero-order valence-corrected chi connectivity index (χ0v) is 14.0. The Labute approximate surface area is 137 Å². The van der Waals surface area contributed by atoms with E-state index in [4.69, 9.17) is 0 Å². The molecule has 0 unspecified atom stereocenters. The van der Waals surface area contributed by atoms with Crippen molar-refractivity contribution in [3.8, 4) is 0 Å². The molecule has 2 rings (SSSR count). The minimum absolute atomic E-state index is 0.00603. The number of nitrogens with one attached hydrogen (secondary N) is 1. The van der Waals surface area contributed by atoms with E-state index in [1.165, 1.54) is 29.5 Å². The second-order valence-electron chi connectivity index (χ2n) is 5.17. The van der Waals surface area contributed by atoms with Crippen molar-refractivity contribution < 1.29 is 9.72 Å². The Morgan fingerprint density at radius 3 is 2.61 bits per heavy atom. The van der Waals surface area contributed by atoms with Crippen molar-refractivity contribution in [1.29, 1.82) is 0 Å². The van der Waals surface area contributed by atoms with Crippen molar-refractivity contribution in [2.75, 3.05) is 5.32 Å². The zero-order valence-electron chi connectivity index (χ0n) is 13.2. The summed E-state index contributed by atoms with van der Waals surface area (Å²) in [5.74, 6) is -0.00461. The summed E-state index contributed by atoms with van der Waals surface area (Å²) in [6.45, 7) is 5.78. The molecule has 0 aliphatic carbocycles. The summed E-state index contributed by atoms with van der Waals surface area (Å²) in [4.78, 5) is 22.6. The van der Waals surface area contributed by atoms with Crippen LogP contribution < -0.4 is 5.32 Å². The topological polar surface area (TPSA) is 98.0 Å². The Morgan fingerprint density at radius 2 is 2.04 bits per heavy atom. The van der Waals surface area contributed by atoms with Gasteiger partial charge in [-0.1, -0.05) is 25.2 Å². The maximum absolute atomic E-state index is 12.2.